The van der Waals surface area contributed by atoms with Gasteiger partial charge in [0.15, 0.2) is 6.23 Å². The van der Waals surface area contributed by atoms with Crippen molar-refractivity contribution in [1.29, 1.82) is 0 Å². The molecule has 0 radical (unpaired) electrons. The summed E-state index contributed by atoms with van der Waals surface area (Å²) < 4.78 is 13.1. The average Bonchev–Trinajstić information content (AvgIpc) is 3.03. The molecule has 3 atom stereocenters. The van der Waals surface area contributed by atoms with Crippen LogP contribution in [0.3, 0.4) is 0 Å². The van der Waals surface area contributed by atoms with Gasteiger partial charge in [0.2, 0.25) is 5.96 Å². The fraction of sp³-hybridized carbons (Fsp3) is 0.278. The molecule has 2 aromatic carbocycles. The van der Waals surface area contributed by atoms with Crippen molar-refractivity contribution in [3.8, 4) is 0 Å². The van der Waals surface area contributed by atoms with E-state index in [1.807, 2.05) is 19.1 Å². The predicted octanol–water partition coefficient (Wildman–Crippen LogP) is 3.73. The summed E-state index contributed by atoms with van der Waals surface area (Å²) in [6.45, 7) is 2.04. The molecular formula is C18H20ClFN4OS. The first-order chi connectivity index (χ1) is 12.5. The number of thioether (sulfide) groups is 1. The van der Waals surface area contributed by atoms with Crippen LogP contribution in [-0.4, -0.2) is 34.5 Å². The third kappa shape index (κ3) is 5.35. The molecule has 1 aliphatic rings. The maximum atomic E-state index is 13.1. The minimum atomic E-state index is -0.929. The smallest absolute Gasteiger partial charge is 0.202 e. The normalized spacial score (nSPS) is 21.5. The highest BCUT2D eigenvalue weighted by Gasteiger charge is 2.27. The van der Waals surface area contributed by atoms with Crippen molar-refractivity contribution in [2.45, 2.75) is 24.6 Å². The second kappa shape index (κ2) is 8.73. The second-order valence-electron chi connectivity index (χ2n) is 5.91. The molecule has 3 rings (SSSR count). The Labute approximate surface area is 161 Å². The van der Waals surface area contributed by atoms with E-state index in [9.17, 15) is 9.50 Å². The van der Waals surface area contributed by atoms with Gasteiger partial charge in [-0.2, -0.15) is 0 Å². The molecule has 2 aromatic rings. The lowest BCUT2D eigenvalue weighted by molar-refractivity contribution is 0.148. The Morgan fingerprint density at radius 2 is 2.00 bits per heavy atom. The van der Waals surface area contributed by atoms with E-state index < -0.39 is 6.23 Å². The summed E-state index contributed by atoms with van der Waals surface area (Å²) >= 11 is 7.76. The Kier molecular flexibility index (Phi) is 6.37. The number of aliphatic imine (C=N–C) groups is 1. The van der Waals surface area contributed by atoms with Gasteiger partial charge in [-0.3, -0.25) is 5.32 Å². The maximum Gasteiger partial charge on any atom is 0.202 e. The third-order valence-corrected chi connectivity index (χ3v) is 5.21. The van der Waals surface area contributed by atoms with E-state index in [2.05, 4.69) is 20.9 Å². The van der Waals surface area contributed by atoms with Gasteiger partial charge in [-0.25, -0.2) is 9.38 Å². The van der Waals surface area contributed by atoms with E-state index in [0.717, 1.165) is 11.4 Å². The topological polar surface area (TPSA) is 68.7 Å². The van der Waals surface area contributed by atoms with E-state index in [-0.39, 0.29) is 17.2 Å². The zero-order valence-corrected chi connectivity index (χ0v) is 15.7. The summed E-state index contributed by atoms with van der Waals surface area (Å²) in [7, 11) is 0. The van der Waals surface area contributed by atoms with E-state index >= 15 is 0 Å². The van der Waals surface area contributed by atoms with Gasteiger partial charge < -0.3 is 15.7 Å². The summed E-state index contributed by atoms with van der Waals surface area (Å²) in [5, 5.41) is 20.8. The number of nitrogens with one attached hydrogen (secondary N) is 3. The Morgan fingerprint density at radius 3 is 2.65 bits per heavy atom. The molecule has 0 bridgehead atoms. The minimum Gasteiger partial charge on any atom is -0.370 e. The van der Waals surface area contributed by atoms with Gasteiger partial charge in [0.25, 0.3) is 0 Å². The first-order valence-corrected chi connectivity index (χ1v) is 9.61. The molecule has 0 amide bonds. The highest BCUT2D eigenvalue weighted by atomic mass is 35.5. The number of aliphatic hydroxyl groups is 1. The molecule has 4 N–H and O–H groups in total. The Balaban J connectivity index is 1.80. The number of halogens is 2. The summed E-state index contributed by atoms with van der Waals surface area (Å²) in [6, 6.07) is 12.9. The molecule has 0 saturated carbocycles. The van der Waals surface area contributed by atoms with Crippen LogP contribution >= 0.6 is 23.4 Å². The number of rotatable bonds is 4. The van der Waals surface area contributed by atoms with Crippen molar-refractivity contribution in [2.75, 3.05) is 16.4 Å². The fourth-order valence-electron chi connectivity index (χ4n) is 2.51. The molecule has 0 spiro atoms. The highest BCUT2D eigenvalue weighted by Crippen LogP contribution is 2.21. The van der Waals surface area contributed by atoms with Crippen LogP contribution in [0.1, 0.15) is 6.92 Å². The van der Waals surface area contributed by atoms with Crippen LogP contribution in [0.4, 0.5) is 15.8 Å². The predicted molar refractivity (Wildman–Crippen MR) is 107 cm³/mol. The molecule has 3 unspecified atom stereocenters. The first-order valence-electron chi connectivity index (χ1n) is 8.18. The van der Waals surface area contributed by atoms with Gasteiger partial charge in [-0.1, -0.05) is 17.7 Å². The maximum absolute atomic E-state index is 13.1. The zero-order chi connectivity index (χ0) is 18.5. The molecule has 0 aromatic heterocycles. The number of nitrogens with zero attached hydrogens (tertiary/aromatic N) is 1. The molecule has 1 heterocycles. The van der Waals surface area contributed by atoms with Gasteiger partial charge in [0, 0.05) is 22.2 Å². The molecule has 1 fully saturated rings. The quantitative estimate of drug-likeness (QED) is 0.470. The summed E-state index contributed by atoms with van der Waals surface area (Å²) in [5.74, 6) is 0.795. The van der Waals surface area contributed by atoms with Crippen LogP contribution < -0.4 is 16.0 Å². The Morgan fingerprint density at radius 1 is 1.27 bits per heavy atom. The lowest BCUT2D eigenvalue weighted by Crippen LogP contribution is -2.39. The largest absolute Gasteiger partial charge is 0.370 e. The standard InChI is InChI=1S/C18H20ClFN4OS/c1-11-21-16(10-26-11)17(25)24-18(22-14-7-5-13(20)6-8-14)23-15-4-2-3-12(19)9-15/h2-9,11,16-17,21,25H,10H2,1H3,(H2,22,23,24). The second-order valence-corrected chi connectivity index (χ2v) is 7.72. The number of hydrogen-bond acceptors (Lipinski definition) is 4. The number of guanidine groups is 1. The number of benzene rings is 2. The first kappa shape index (κ1) is 19.0. The molecule has 1 aliphatic heterocycles. The van der Waals surface area contributed by atoms with Crippen molar-refractivity contribution in [1.82, 2.24) is 5.32 Å². The van der Waals surface area contributed by atoms with Gasteiger partial charge >= 0.3 is 0 Å². The highest BCUT2D eigenvalue weighted by molar-refractivity contribution is 8.00. The zero-order valence-electron chi connectivity index (χ0n) is 14.1. The van der Waals surface area contributed by atoms with Crippen molar-refractivity contribution in [3.63, 3.8) is 0 Å². The third-order valence-electron chi connectivity index (χ3n) is 3.79. The monoisotopic (exact) mass is 394 g/mol. The van der Waals surface area contributed by atoms with Crippen LogP contribution in [0.5, 0.6) is 0 Å². The van der Waals surface area contributed by atoms with Crippen LogP contribution in [0.25, 0.3) is 0 Å². The number of aliphatic hydroxyl groups excluding tert-OH is 1. The van der Waals surface area contributed by atoms with Crippen molar-refractivity contribution in [3.05, 3.63) is 59.4 Å². The lowest BCUT2D eigenvalue weighted by Gasteiger charge is -2.18. The van der Waals surface area contributed by atoms with Crippen LogP contribution in [0.2, 0.25) is 5.02 Å². The van der Waals surface area contributed by atoms with Gasteiger partial charge in [0.05, 0.1) is 11.4 Å². The van der Waals surface area contributed by atoms with Crippen molar-refractivity contribution >= 4 is 40.7 Å². The number of hydrogen-bond donors (Lipinski definition) is 4. The van der Waals surface area contributed by atoms with Crippen molar-refractivity contribution < 1.29 is 9.50 Å². The lowest BCUT2D eigenvalue weighted by atomic mass is 10.3. The molecule has 8 heteroatoms. The van der Waals surface area contributed by atoms with E-state index in [0.29, 0.717) is 16.7 Å². The molecule has 138 valence electrons. The summed E-state index contributed by atoms with van der Waals surface area (Å²) in [6.07, 6.45) is -0.929. The molecule has 5 nitrogen and oxygen atoms in total. The Hall–Kier alpha value is -1.80. The van der Waals surface area contributed by atoms with Gasteiger partial charge in [-0.15, -0.1) is 11.8 Å². The van der Waals surface area contributed by atoms with Gasteiger partial charge in [0.1, 0.15) is 5.82 Å². The number of anilines is 2. The van der Waals surface area contributed by atoms with Crippen LogP contribution in [-0.2, 0) is 0 Å². The molecule has 0 aliphatic carbocycles. The van der Waals surface area contributed by atoms with Crippen LogP contribution in [0.15, 0.2) is 53.5 Å². The van der Waals surface area contributed by atoms with E-state index in [1.165, 1.54) is 12.1 Å². The SMILES string of the molecule is CC1NC(C(O)/N=C(/Nc2ccc(F)cc2)Nc2cccc(Cl)c2)CS1. The average molecular weight is 395 g/mol. The summed E-state index contributed by atoms with van der Waals surface area (Å²) in [4.78, 5) is 4.37. The van der Waals surface area contributed by atoms with Gasteiger partial charge in [-0.05, 0) is 49.4 Å². The van der Waals surface area contributed by atoms with Crippen molar-refractivity contribution in [2.24, 2.45) is 4.99 Å². The summed E-state index contributed by atoms with van der Waals surface area (Å²) in [5.41, 5.74) is 1.37. The minimum absolute atomic E-state index is 0.138. The van der Waals surface area contributed by atoms with Crippen LogP contribution in [0, 0.1) is 5.82 Å². The van der Waals surface area contributed by atoms with E-state index in [1.54, 1.807) is 36.0 Å². The fourth-order valence-corrected chi connectivity index (χ4v) is 3.73. The molecular weight excluding hydrogens is 375 g/mol. The Bertz CT molecular complexity index is 774. The van der Waals surface area contributed by atoms with E-state index in [4.69, 9.17) is 11.6 Å². The molecule has 26 heavy (non-hydrogen) atoms. The molecule has 1 saturated heterocycles.